The molecule has 0 saturated heterocycles. The number of nitrogens with one attached hydrogen (secondary N) is 1. The third-order valence-corrected chi connectivity index (χ3v) is 6.80. The van der Waals surface area contributed by atoms with E-state index in [0.29, 0.717) is 27.7 Å². The van der Waals surface area contributed by atoms with Gasteiger partial charge in [-0.15, -0.1) is 0 Å². The molecule has 1 aliphatic rings. The molecule has 2 amide bonds. The first-order valence-electron chi connectivity index (χ1n) is 10.8. The van der Waals surface area contributed by atoms with Crippen LogP contribution >= 0.6 is 23.2 Å². The van der Waals surface area contributed by atoms with E-state index >= 15 is 0 Å². The van der Waals surface area contributed by atoms with Gasteiger partial charge in [0.1, 0.15) is 16.5 Å². The van der Waals surface area contributed by atoms with Gasteiger partial charge in [0.15, 0.2) is 0 Å². The van der Waals surface area contributed by atoms with E-state index in [1.165, 1.54) is 0 Å². The average Bonchev–Trinajstić information content (AvgIpc) is 3.03. The summed E-state index contributed by atoms with van der Waals surface area (Å²) in [7, 11) is 0. The number of nitrogens with zero attached hydrogens (tertiary/aromatic N) is 1. The van der Waals surface area contributed by atoms with Crippen LogP contribution in [-0.2, 0) is 9.59 Å². The normalized spacial score (nSPS) is 13.5. The van der Waals surface area contributed by atoms with Crippen LogP contribution in [0.15, 0.2) is 65.3 Å². The van der Waals surface area contributed by atoms with Gasteiger partial charge in [-0.25, -0.2) is 9.69 Å². The van der Waals surface area contributed by atoms with Crippen molar-refractivity contribution in [2.75, 3.05) is 10.2 Å². The van der Waals surface area contributed by atoms with E-state index in [2.05, 4.69) is 5.32 Å². The van der Waals surface area contributed by atoms with E-state index in [-0.39, 0.29) is 10.7 Å². The maximum atomic E-state index is 13.1. The molecule has 1 aliphatic heterocycles. The number of rotatable bonds is 5. The lowest BCUT2D eigenvalue weighted by molar-refractivity contribution is -0.120. The predicted octanol–water partition coefficient (Wildman–Crippen LogP) is 6.23. The molecule has 3 aromatic rings. The van der Waals surface area contributed by atoms with Crippen molar-refractivity contribution in [2.45, 2.75) is 27.7 Å². The van der Waals surface area contributed by atoms with E-state index in [4.69, 9.17) is 27.9 Å². The maximum absolute atomic E-state index is 13.1. The molecule has 178 valence electrons. The first kappa shape index (κ1) is 24.5. The number of aryl methyl sites for hydroxylation is 3. The Balaban J connectivity index is 1.50. The minimum Gasteiger partial charge on any atom is -0.423 e. The molecule has 0 atom stereocenters. The van der Waals surface area contributed by atoms with Gasteiger partial charge in [0.2, 0.25) is 0 Å². The zero-order valence-electron chi connectivity index (χ0n) is 19.5. The topological polar surface area (TPSA) is 75.7 Å². The van der Waals surface area contributed by atoms with Gasteiger partial charge < -0.3 is 10.1 Å². The van der Waals surface area contributed by atoms with Gasteiger partial charge in [-0.3, -0.25) is 9.59 Å². The molecule has 3 aromatic carbocycles. The van der Waals surface area contributed by atoms with Crippen molar-refractivity contribution < 1.29 is 19.1 Å². The summed E-state index contributed by atoms with van der Waals surface area (Å²) in [4.78, 5) is 39.5. The van der Waals surface area contributed by atoms with Gasteiger partial charge in [0.05, 0.1) is 11.3 Å². The Hall–Kier alpha value is -3.61. The Bertz CT molecular complexity index is 1390. The van der Waals surface area contributed by atoms with Crippen LogP contribution in [0.4, 0.5) is 11.4 Å². The summed E-state index contributed by atoms with van der Waals surface area (Å²) in [6.45, 7) is 7.42. The van der Waals surface area contributed by atoms with Crippen LogP contribution in [0.3, 0.4) is 0 Å². The van der Waals surface area contributed by atoms with E-state index in [0.717, 1.165) is 27.2 Å². The zero-order valence-corrected chi connectivity index (χ0v) is 21.0. The number of ether oxygens (including phenoxy) is 1. The van der Waals surface area contributed by atoms with Crippen molar-refractivity contribution in [3.63, 3.8) is 0 Å². The molecule has 6 nitrogen and oxygen atoms in total. The quantitative estimate of drug-likeness (QED) is 0.251. The van der Waals surface area contributed by atoms with E-state index in [1.807, 2.05) is 33.8 Å². The zero-order chi connectivity index (χ0) is 25.4. The molecule has 1 heterocycles. The lowest BCUT2D eigenvalue weighted by atomic mass is 10.1. The van der Waals surface area contributed by atoms with E-state index in [9.17, 15) is 14.4 Å². The number of halogens is 2. The lowest BCUT2D eigenvalue weighted by Crippen LogP contribution is -2.33. The predicted molar refractivity (Wildman–Crippen MR) is 137 cm³/mol. The lowest BCUT2D eigenvalue weighted by Gasteiger charge is -2.18. The molecule has 35 heavy (non-hydrogen) atoms. The summed E-state index contributed by atoms with van der Waals surface area (Å²) in [6, 6.07) is 15.1. The van der Waals surface area contributed by atoms with Gasteiger partial charge in [0, 0.05) is 10.7 Å². The number of carbonyl (C=O) groups is 3. The van der Waals surface area contributed by atoms with Gasteiger partial charge in [-0.1, -0.05) is 35.3 Å². The number of hydrogen-bond donors (Lipinski definition) is 1. The number of esters is 1. The second-order valence-electron chi connectivity index (χ2n) is 8.32. The Labute approximate surface area is 213 Å². The van der Waals surface area contributed by atoms with Crippen molar-refractivity contribution in [1.82, 2.24) is 0 Å². The second-order valence-corrected chi connectivity index (χ2v) is 9.07. The minimum atomic E-state index is -0.596. The Morgan fingerprint density at radius 2 is 1.49 bits per heavy atom. The standard InChI is InChI=1S/C27H22Cl2N2O4/c1-14-6-5-7-21(17(14)4)31-25(32)23(29)24(26(31)33)30-19-10-8-18(9-11-19)27(34)35-20-12-15(2)22(28)16(3)13-20/h5-13,30H,1-4H3. The van der Waals surface area contributed by atoms with Gasteiger partial charge in [-0.2, -0.15) is 0 Å². The van der Waals surface area contributed by atoms with Gasteiger partial charge >= 0.3 is 5.97 Å². The van der Waals surface area contributed by atoms with Gasteiger partial charge in [0.25, 0.3) is 11.8 Å². The van der Waals surface area contributed by atoms with Crippen molar-refractivity contribution in [1.29, 1.82) is 0 Å². The fourth-order valence-electron chi connectivity index (χ4n) is 3.77. The molecule has 0 unspecified atom stereocenters. The average molecular weight is 509 g/mol. The fraction of sp³-hybridized carbons (Fsp3) is 0.148. The summed E-state index contributed by atoms with van der Waals surface area (Å²) < 4.78 is 5.47. The first-order chi connectivity index (χ1) is 16.6. The van der Waals surface area contributed by atoms with Crippen molar-refractivity contribution in [2.24, 2.45) is 0 Å². The smallest absolute Gasteiger partial charge is 0.343 e. The van der Waals surface area contributed by atoms with Gasteiger partial charge in [-0.05, 0) is 92.4 Å². The molecule has 0 radical (unpaired) electrons. The van der Waals surface area contributed by atoms with Crippen LogP contribution in [0.5, 0.6) is 5.75 Å². The Kier molecular flexibility index (Phi) is 6.70. The highest BCUT2D eigenvalue weighted by Gasteiger charge is 2.39. The third-order valence-electron chi connectivity index (χ3n) is 5.85. The Morgan fingerprint density at radius 1 is 0.857 bits per heavy atom. The molecule has 0 bridgehead atoms. The maximum Gasteiger partial charge on any atom is 0.343 e. The number of hydrogen-bond acceptors (Lipinski definition) is 5. The summed E-state index contributed by atoms with van der Waals surface area (Å²) in [5.74, 6) is -1.29. The van der Waals surface area contributed by atoms with Crippen LogP contribution in [0.1, 0.15) is 32.6 Å². The first-order valence-corrected chi connectivity index (χ1v) is 11.5. The highest BCUT2D eigenvalue weighted by Crippen LogP contribution is 2.33. The molecule has 8 heteroatoms. The molecular formula is C27H22Cl2N2O4. The Morgan fingerprint density at radius 3 is 2.11 bits per heavy atom. The highest BCUT2D eigenvalue weighted by molar-refractivity contribution is 6.53. The molecule has 0 fully saturated rings. The summed E-state index contributed by atoms with van der Waals surface area (Å²) in [6.07, 6.45) is 0. The molecule has 4 rings (SSSR count). The summed E-state index contributed by atoms with van der Waals surface area (Å²) >= 11 is 12.4. The summed E-state index contributed by atoms with van der Waals surface area (Å²) in [5.41, 5.74) is 4.64. The molecule has 0 spiro atoms. The number of imide groups is 1. The number of benzene rings is 3. The van der Waals surface area contributed by atoms with Crippen LogP contribution in [0, 0.1) is 27.7 Å². The third kappa shape index (κ3) is 4.67. The van der Waals surface area contributed by atoms with E-state index in [1.54, 1.807) is 48.5 Å². The molecule has 1 N–H and O–H groups in total. The molecule has 0 saturated carbocycles. The van der Waals surface area contributed by atoms with Crippen LogP contribution in [0.2, 0.25) is 5.02 Å². The SMILES string of the molecule is Cc1cccc(N2C(=O)C(Cl)=C(Nc3ccc(C(=O)Oc4cc(C)c(Cl)c(C)c4)cc3)C2=O)c1C. The van der Waals surface area contributed by atoms with E-state index < -0.39 is 17.8 Å². The molecular weight excluding hydrogens is 487 g/mol. The molecule has 0 aromatic heterocycles. The fourth-order valence-corrected chi connectivity index (χ4v) is 4.09. The summed E-state index contributed by atoms with van der Waals surface area (Å²) in [5, 5.41) is 3.34. The number of anilines is 2. The molecule has 0 aliphatic carbocycles. The second kappa shape index (κ2) is 9.56. The minimum absolute atomic E-state index is 0.0278. The monoisotopic (exact) mass is 508 g/mol. The van der Waals surface area contributed by atoms with Crippen LogP contribution in [-0.4, -0.2) is 17.8 Å². The van der Waals surface area contributed by atoms with Crippen molar-refractivity contribution in [3.05, 3.63) is 98.2 Å². The largest absolute Gasteiger partial charge is 0.423 e. The number of carbonyl (C=O) groups excluding carboxylic acids is 3. The van der Waals surface area contributed by atoms with Crippen molar-refractivity contribution >= 4 is 52.4 Å². The van der Waals surface area contributed by atoms with Crippen LogP contribution < -0.4 is 15.0 Å². The van der Waals surface area contributed by atoms with Crippen LogP contribution in [0.25, 0.3) is 0 Å². The highest BCUT2D eigenvalue weighted by atomic mass is 35.5. The van der Waals surface area contributed by atoms with Crippen molar-refractivity contribution in [3.8, 4) is 5.75 Å². The number of amides is 2.